The van der Waals surface area contributed by atoms with Crippen molar-refractivity contribution in [3.05, 3.63) is 0 Å². The quantitative estimate of drug-likeness (QED) is 0.837. The fourth-order valence-corrected chi connectivity index (χ4v) is 3.41. The van der Waals surface area contributed by atoms with Crippen LogP contribution in [0.1, 0.15) is 46.0 Å². The number of aliphatic hydroxyl groups excluding tert-OH is 1. The molecule has 2 fully saturated rings. The summed E-state index contributed by atoms with van der Waals surface area (Å²) >= 11 is 0. The van der Waals surface area contributed by atoms with E-state index >= 15 is 0 Å². The van der Waals surface area contributed by atoms with E-state index in [1.54, 1.807) is 6.92 Å². The van der Waals surface area contributed by atoms with Crippen LogP contribution < -0.4 is 0 Å². The fourth-order valence-electron chi connectivity index (χ4n) is 3.41. The third-order valence-corrected chi connectivity index (χ3v) is 4.47. The van der Waals surface area contributed by atoms with Gasteiger partial charge >= 0.3 is 0 Å². The van der Waals surface area contributed by atoms with Crippen LogP contribution in [-0.4, -0.2) is 58.5 Å². The summed E-state index contributed by atoms with van der Waals surface area (Å²) < 4.78 is 0. The zero-order valence-corrected chi connectivity index (χ0v) is 12.5. The lowest BCUT2D eigenvalue weighted by atomic mass is 10.0. The summed E-state index contributed by atoms with van der Waals surface area (Å²) in [5.41, 5.74) is 0. The molecule has 2 heterocycles. The minimum Gasteiger partial charge on any atom is -0.393 e. The third kappa shape index (κ3) is 3.32. The van der Waals surface area contributed by atoms with Crippen molar-refractivity contribution in [2.75, 3.05) is 19.6 Å². The third-order valence-electron chi connectivity index (χ3n) is 4.47. The average Bonchev–Trinajstić information content (AvgIpc) is 3.05. The van der Waals surface area contributed by atoms with Crippen molar-refractivity contribution >= 4 is 11.8 Å². The number of aliphatic hydroxyl groups is 1. The first-order valence-electron chi connectivity index (χ1n) is 7.79. The normalized spacial score (nSPS) is 27.9. The maximum atomic E-state index is 12.6. The second-order valence-electron chi connectivity index (χ2n) is 6.09. The largest absolute Gasteiger partial charge is 0.393 e. The van der Waals surface area contributed by atoms with Gasteiger partial charge < -0.3 is 14.9 Å². The Balaban J connectivity index is 1.93. The van der Waals surface area contributed by atoms with Crippen molar-refractivity contribution in [1.29, 1.82) is 0 Å². The number of carbonyl (C=O) groups is 2. The van der Waals surface area contributed by atoms with Crippen LogP contribution in [0.5, 0.6) is 0 Å². The van der Waals surface area contributed by atoms with E-state index in [-0.39, 0.29) is 29.9 Å². The highest BCUT2D eigenvalue weighted by molar-refractivity contribution is 5.82. The highest BCUT2D eigenvalue weighted by atomic mass is 16.3. The van der Waals surface area contributed by atoms with Crippen molar-refractivity contribution in [3.63, 3.8) is 0 Å². The van der Waals surface area contributed by atoms with Crippen LogP contribution in [0.3, 0.4) is 0 Å². The maximum Gasteiger partial charge on any atom is 0.227 e. The summed E-state index contributed by atoms with van der Waals surface area (Å²) in [5.74, 6) is 0.280. The number of carbonyl (C=O) groups excluding carboxylic acids is 2. The van der Waals surface area contributed by atoms with E-state index in [1.165, 1.54) is 0 Å². The molecule has 2 rings (SSSR count). The summed E-state index contributed by atoms with van der Waals surface area (Å²) in [7, 11) is 0. The van der Waals surface area contributed by atoms with E-state index in [0.29, 0.717) is 25.9 Å². The van der Waals surface area contributed by atoms with Crippen LogP contribution in [0.2, 0.25) is 0 Å². The molecule has 2 saturated heterocycles. The lowest BCUT2D eigenvalue weighted by Gasteiger charge is -2.28. The van der Waals surface area contributed by atoms with Gasteiger partial charge in [0.25, 0.3) is 0 Å². The molecule has 0 aromatic rings. The maximum absolute atomic E-state index is 12.6. The van der Waals surface area contributed by atoms with E-state index in [1.807, 2.05) is 16.7 Å². The molecule has 0 aliphatic carbocycles. The first kappa shape index (κ1) is 15.3. The average molecular weight is 282 g/mol. The molecule has 2 aliphatic heterocycles. The van der Waals surface area contributed by atoms with Crippen molar-refractivity contribution < 1.29 is 14.7 Å². The molecule has 114 valence electrons. The summed E-state index contributed by atoms with van der Waals surface area (Å²) in [6, 6.07) is 0.179. The van der Waals surface area contributed by atoms with Gasteiger partial charge in [-0.05, 0) is 32.6 Å². The van der Waals surface area contributed by atoms with Crippen LogP contribution in [0.4, 0.5) is 0 Å². The Hall–Kier alpha value is -1.10. The molecule has 0 bridgehead atoms. The Labute approximate surface area is 120 Å². The summed E-state index contributed by atoms with van der Waals surface area (Å²) in [6.45, 7) is 5.71. The Morgan fingerprint density at radius 3 is 2.70 bits per heavy atom. The molecule has 0 aromatic heterocycles. The van der Waals surface area contributed by atoms with Gasteiger partial charge in [-0.15, -0.1) is 0 Å². The highest BCUT2D eigenvalue weighted by Gasteiger charge is 2.37. The molecule has 3 unspecified atom stereocenters. The fraction of sp³-hybridized carbons (Fsp3) is 0.867. The van der Waals surface area contributed by atoms with Gasteiger partial charge in [0.15, 0.2) is 0 Å². The molecule has 0 spiro atoms. The summed E-state index contributed by atoms with van der Waals surface area (Å²) in [5, 5.41) is 9.53. The smallest absolute Gasteiger partial charge is 0.227 e. The van der Waals surface area contributed by atoms with Gasteiger partial charge in [-0.25, -0.2) is 0 Å². The number of likely N-dealkylation sites (tertiary alicyclic amines) is 2. The Morgan fingerprint density at radius 1 is 1.30 bits per heavy atom. The number of hydrogen-bond acceptors (Lipinski definition) is 3. The molecule has 5 nitrogen and oxygen atoms in total. The Morgan fingerprint density at radius 2 is 2.05 bits per heavy atom. The molecule has 0 radical (unpaired) electrons. The topological polar surface area (TPSA) is 60.9 Å². The van der Waals surface area contributed by atoms with E-state index in [9.17, 15) is 14.7 Å². The number of hydrogen-bond donors (Lipinski definition) is 1. The lowest BCUT2D eigenvalue weighted by molar-refractivity contribution is -0.136. The predicted octanol–water partition coefficient (Wildman–Crippen LogP) is 1.01. The predicted molar refractivity (Wildman–Crippen MR) is 76.0 cm³/mol. The van der Waals surface area contributed by atoms with Crippen LogP contribution >= 0.6 is 0 Å². The standard InChI is InChI=1S/C15H26N2O3/c1-3-14(19)16-8-6-12(10-16)15(20)17-7-4-5-13(17)9-11(2)18/h11-13,18H,3-10H2,1-2H3. The van der Waals surface area contributed by atoms with Crippen molar-refractivity contribution in [3.8, 4) is 0 Å². The lowest BCUT2D eigenvalue weighted by Crippen LogP contribution is -2.42. The van der Waals surface area contributed by atoms with Gasteiger partial charge in [-0.3, -0.25) is 9.59 Å². The van der Waals surface area contributed by atoms with Crippen LogP contribution in [0.25, 0.3) is 0 Å². The molecule has 0 aromatic carbocycles. The van der Waals surface area contributed by atoms with E-state index in [4.69, 9.17) is 0 Å². The first-order chi connectivity index (χ1) is 9.52. The second kappa shape index (κ2) is 6.57. The molecule has 3 atom stereocenters. The van der Waals surface area contributed by atoms with E-state index in [0.717, 1.165) is 25.8 Å². The van der Waals surface area contributed by atoms with Crippen LogP contribution in [0, 0.1) is 5.92 Å². The van der Waals surface area contributed by atoms with E-state index in [2.05, 4.69) is 0 Å². The van der Waals surface area contributed by atoms with Gasteiger partial charge in [0.2, 0.25) is 11.8 Å². The monoisotopic (exact) mass is 282 g/mol. The van der Waals surface area contributed by atoms with Crippen molar-refractivity contribution in [1.82, 2.24) is 9.80 Å². The number of amides is 2. The van der Waals surface area contributed by atoms with E-state index < -0.39 is 0 Å². The molecule has 2 amide bonds. The Bertz CT molecular complexity index is 370. The summed E-state index contributed by atoms with van der Waals surface area (Å²) in [6.07, 6.45) is 3.59. The first-order valence-corrected chi connectivity index (χ1v) is 7.79. The highest BCUT2D eigenvalue weighted by Crippen LogP contribution is 2.27. The molecular weight excluding hydrogens is 256 g/mol. The van der Waals surface area contributed by atoms with Gasteiger partial charge in [-0.1, -0.05) is 6.92 Å². The minimum atomic E-state index is -0.366. The Kier molecular flexibility index (Phi) is 5.02. The van der Waals surface area contributed by atoms with Gasteiger partial charge in [0.1, 0.15) is 0 Å². The van der Waals surface area contributed by atoms with Gasteiger partial charge in [-0.2, -0.15) is 0 Å². The van der Waals surface area contributed by atoms with Crippen molar-refractivity contribution in [2.45, 2.75) is 58.1 Å². The summed E-state index contributed by atoms with van der Waals surface area (Å²) in [4.78, 5) is 28.0. The molecule has 0 saturated carbocycles. The minimum absolute atomic E-state index is 0.0416. The molecule has 5 heteroatoms. The van der Waals surface area contributed by atoms with Crippen LogP contribution in [0.15, 0.2) is 0 Å². The van der Waals surface area contributed by atoms with Crippen LogP contribution in [-0.2, 0) is 9.59 Å². The van der Waals surface area contributed by atoms with Crippen molar-refractivity contribution in [2.24, 2.45) is 5.92 Å². The molecule has 20 heavy (non-hydrogen) atoms. The SMILES string of the molecule is CCC(=O)N1CCC(C(=O)N2CCCC2CC(C)O)C1. The molecular formula is C15H26N2O3. The second-order valence-corrected chi connectivity index (χ2v) is 6.09. The molecule has 2 aliphatic rings. The van der Waals surface area contributed by atoms with Gasteiger partial charge in [0, 0.05) is 32.1 Å². The zero-order chi connectivity index (χ0) is 14.7. The van der Waals surface area contributed by atoms with Gasteiger partial charge in [0.05, 0.1) is 12.0 Å². The zero-order valence-electron chi connectivity index (χ0n) is 12.5. The number of nitrogens with zero attached hydrogens (tertiary/aromatic N) is 2. The number of rotatable bonds is 4. The molecule has 1 N–H and O–H groups in total.